The largest absolute Gasteiger partial charge is 0.456 e. The van der Waals surface area contributed by atoms with Gasteiger partial charge in [-0.3, -0.25) is 0 Å². The summed E-state index contributed by atoms with van der Waals surface area (Å²) in [6.45, 7) is 2.31. The molecule has 0 bridgehead atoms. The second kappa shape index (κ2) is 11.6. The lowest BCUT2D eigenvalue weighted by Crippen LogP contribution is -2.09. The van der Waals surface area contributed by atoms with Gasteiger partial charge in [0.1, 0.15) is 22.3 Å². The summed E-state index contributed by atoms with van der Waals surface area (Å²) >= 11 is 0. The molecule has 0 saturated carbocycles. The molecule has 1 atom stereocenters. The van der Waals surface area contributed by atoms with Crippen molar-refractivity contribution in [1.29, 1.82) is 0 Å². The Morgan fingerprint density at radius 3 is 2.15 bits per heavy atom. The normalized spacial score (nSPS) is 14.4. The molecule has 5 heteroatoms. The first kappa shape index (κ1) is 29.8. The molecule has 0 spiro atoms. The predicted octanol–water partition coefficient (Wildman–Crippen LogP) is 12.9. The SMILES string of the molecule is CC1CC(c2nc(-c3ccc4c(c3)oc3ccccc34)nc(-c3cccc4oc5c(-c6ccccc6)cccc5c34)n2)=Cc2ccc3ccccc3c21. The zero-order valence-corrected chi connectivity index (χ0v) is 28.9. The lowest BCUT2D eigenvalue weighted by molar-refractivity contribution is 0.669. The van der Waals surface area contributed by atoms with E-state index in [0.29, 0.717) is 17.5 Å². The van der Waals surface area contributed by atoms with E-state index in [2.05, 4.69) is 122 Å². The molecule has 0 radical (unpaired) electrons. The van der Waals surface area contributed by atoms with Crippen LogP contribution in [0.4, 0.5) is 0 Å². The van der Waals surface area contributed by atoms with E-state index in [0.717, 1.165) is 78.1 Å². The molecule has 250 valence electrons. The number of hydrogen-bond acceptors (Lipinski definition) is 5. The number of para-hydroxylation sites is 2. The van der Waals surface area contributed by atoms with Gasteiger partial charge in [0, 0.05) is 38.2 Å². The van der Waals surface area contributed by atoms with Crippen molar-refractivity contribution in [2.75, 3.05) is 0 Å². The summed E-state index contributed by atoms with van der Waals surface area (Å²) in [7, 11) is 0. The molecule has 0 N–H and O–H groups in total. The summed E-state index contributed by atoms with van der Waals surface area (Å²) in [5.74, 6) is 2.16. The van der Waals surface area contributed by atoms with E-state index in [4.69, 9.17) is 23.8 Å². The third kappa shape index (κ3) is 4.74. The van der Waals surface area contributed by atoms with Crippen molar-refractivity contribution < 1.29 is 8.83 Å². The number of rotatable bonds is 4. The second-order valence-corrected chi connectivity index (χ2v) is 14.0. The van der Waals surface area contributed by atoms with Crippen molar-refractivity contribution in [3.8, 4) is 33.9 Å². The minimum absolute atomic E-state index is 0.282. The molecule has 1 aliphatic carbocycles. The van der Waals surface area contributed by atoms with E-state index >= 15 is 0 Å². The molecule has 53 heavy (non-hydrogen) atoms. The van der Waals surface area contributed by atoms with Crippen LogP contribution in [0.1, 0.15) is 36.2 Å². The summed E-state index contributed by atoms with van der Waals surface area (Å²) in [6, 6.07) is 50.3. The minimum atomic E-state index is 0.282. The van der Waals surface area contributed by atoms with Crippen LogP contribution in [0.2, 0.25) is 0 Å². The van der Waals surface area contributed by atoms with Crippen LogP contribution in [0.5, 0.6) is 0 Å². The Morgan fingerprint density at radius 1 is 0.509 bits per heavy atom. The number of benzene rings is 7. The summed E-state index contributed by atoms with van der Waals surface area (Å²) < 4.78 is 12.9. The first-order valence-corrected chi connectivity index (χ1v) is 18.1. The summed E-state index contributed by atoms with van der Waals surface area (Å²) in [5, 5.41) is 6.73. The Morgan fingerprint density at radius 2 is 1.23 bits per heavy atom. The highest BCUT2D eigenvalue weighted by molar-refractivity contribution is 6.15. The zero-order chi connectivity index (χ0) is 35.0. The van der Waals surface area contributed by atoms with Crippen LogP contribution in [-0.2, 0) is 0 Å². The highest BCUT2D eigenvalue weighted by Crippen LogP contribution is 2.43. The monoisotopic (exact) mass is 681 g/mol. The van der Waals surface area contributed by atoms with E-state index in [1.54, 1.807) is 0 Å². The van der Waals surface area contributed by atoms with Gasteiger partial charge >= 0.3 is 0 Å². The molecule has 0 fully saturated rings. The average molecular weight is 682 g/mol. The van der Waals surface area contributed by atoms with Crippen LogP contribution in [0.15, 0.2) is 154 Å². The number of aromatic nitrogens is 3. The molecule has 0 aliphatic heterocycles. The molecule has 3 aromatic heterocycles. The molecule has 1 unspecified atom stereocenters. The molecule has 0 saturated heterocycles. The fourth-order valence-corrected chi connectivity index (χ4v) is 8.34. The van der Waals surface area contributed by atoms with E-state index in [-0.39, 0.29) is 5.92 Å². The highest BCUT2D eigenvalue weighted by atomic mass is 16.3. The van der Waals surface area contributed by atoms with Crippen LogP contribution in [0.25, 0.3) is 100 Å². The second-order valence-electron chi connectivity index (χ2n) is 14.0. The number of fused-ring (bicyclic) bond motifs is 9. The summed E-state index contributed by atoms with van der Waals surface area (Å²) in [6.07, 6.45) is 3.08. The fraction of sp³-hybridized carbons (Fsp3) is 0.0625. The molecule has 0 amide bonds. The quantitative estimate of drug-likeness (QED) is 0.185. The van der Waals surface area contributed by atoms with E-state index < -0.39 is 0 Å². The summed E-state index contributed by atoms with van der Waals surface area (Å²) in [5.41, 5.74) is 10.9. The maximum Gasteiger partial charge on any atom is 0.164 e. The van der Waals surface area contributed by atoms with Crippen LogP contribution < -0.4 is 0 Å². The highest BCUT2D eigenvalue weighted by Gasteiger charge is 2.25. The van der Waals surface area contributed by atoms with Crippen molar-refractivity contribution in [1.82, 2.24) is 15.0 Å². The molecule has 3 heterocycles. The Labute approximate surface area is 304 Å². The van der Waals surface area contributed by atoms with E-state index in [1.165, 1.54) is 21.9 Å². The van der Waals surface area contributed by atoms with Crippen molar-refractivity contribution in [3.63, 3.8) is 0 Å². The number of hydrogen-bond donors (Lipinski definition) is 0. The van der Waals surface area contributed by atoms with Crippen LogP contribution in [0.3, 0.4) is 0 Å². The third-order valence-corrected chi connectivity index (χ3v) is 10.8. The number of nitrogens with zero attached hydrogens (tertiary/aromatic N) is 3. The molecule has 7 aromatic carbocycles. The Balaban J connectivity index is 1.14. The standard InChI is InChI=1S/C48H31N3O2/c1-28-25-33(26-31-22-21-30-13-5-6-14-34(30)43(28)31)47-49-46(32-23-24-37-36-15-7-8-19-40(36)52-42(37)27-32)50-48(51-47)39-18-10-20-41-44(39)38-17-9-16-35(45(38)53-41)29-11-3-2-4-12-29/h2-24,26-28H,25H2,1H3. The number of allylic oxidation sites excluding steroid dienone is 1. The third-order valence-electron chi connectivity index (χ3n) is 10.8. The molecule has 5 nitrogen and oxygen atoms in total. The Hall–Kier alpha value is -6.85. The van der Waals surface area contributed by atoms with Gasteiger partial charge in [-0.1, -0.05) is 128 Å². The van der Waals surface area contributed by atoms with Crippen molar-refractivity contribution in [2.45, 2.75) is 19.3 Å². The molecule has 11 rings (SSSR count). The van der Waals surface area contributed by atoms with Gasteiger partial charge in [0.15, 0.2) is 17.5 Å². The molecule has 1 aliphatic rings. The number of furan rings is 2. The van der Waals surface area contributed by atoms with Gasteiger partial charge in [0.2, 0.25) is 0 Å². The van der Waals surface area contributed by atoms with E-state index in [9.17, 15) is 0 Å². The van der Waals surface area contributed by atoms with Crippen molar-refractivity contribution >= 4 is 66.3 Å². The van der Waals surface area contributed by atoms with Crippen molar-refractivity contribution in [2.24, 2.45) is 0 Å². The first-order chi connectivity index (χ1) is 26.2. The molecular weight excluding hydrogens is 651 g/mol. The zero-order valence-electron chi connectivity index (χ0n) is 28.9. The Kier molecular flexibility index (Phi) is 6.52. The predicted molar refractivity (Wildman–Crippen MR) is 216 cm³/mol. The molecular formula is C48H31N3O2. The minimum Gasteiger partial charge on any atom is -0.456 e. The van der Waals surface area contributed by atoms with Crippen LogP contribution in [-0.4, -0.2) is 15.0 Å². The van der Waals surface area contributed by atoms with Gasteiger partial charge in [0.05, 0.1) is 0 Å². The van der Waals surface area contributed by atoms with Crippen LogP contribution in [0, 0.1) is 0 Å². The van der Waals surface area contributed by atoms with Gasteiger partial charge < -0.3 is 8.83 Å². The fourth-order valence-electron chi connectivity index (χ4n) is 8.34. The lowest BCUT2D eigenvalue weighted by atomic mass is 9.81. The molecule has 10 aromatic rings. The van der Waals surface area contributed by atoms with Gasteiger partial charge in [-0.05, 0) is 75.7 Å². The lowest BCUT2D eigenvalue weighted by Gasteiger charge is -2.24. The topological polar surface area (TPSA) is 65.0 Å². The van der Waals surface area contributed by atoms with Crippen LogP contribution >= 0.6 is 0 Å². The first-order valence-electron chi connectivity index (χ1n) is 18.1. The van der Waals surface area contributed by atoms with Gasteiger partial charge in [-0.2, -0.15) is 0 Å². The van der Waals surface area contributed by atoms with Gasteiger partial charge in [-0.25, -0.2) is 15.0 Å². The average Bonchev–Trinajstić information content (AvgIpc) is 3.79. The summed E-state index contributed by atoms with van der Waals surface area (Å²) in [4.78, 5) is 15.7. The maximum atomic E-state index is 6.63. The Bertz CT molecular complexity index is 3120. The van der Waals surface area contributed by atoms with Gasteiger partial charge in [-0.15, -0.1) is 0 Å². The van der Waals surface area contributed by atoms with E-state index in [1.807, 2.05) is 36.4 Å². The van der Waals surface area contributed by atoms with Crippen molar-refractivity contribution in [3.05, 3.63) is 163 Å². The maximum absolute atomic E-state index is 6.63. The smallest absolute Gasteiger partial charge is 0.164 e. The van der Waals surface area contributed by atoms with Gasteiger partial charge in [0.25, 0.3) is 0 Å².